The molecular formula is C16H25NO2. The number of hydrogen-bond donors (Lipinski definition) is 1. The summed E-state index contributed by atoms with van der Waals surface area (Å²) in [5.41, 5.74) is 1.05. The van der Waals surface area contributed by atoms with Gasteiger partial charge in [-0.05, 0) is 25.3 Å². The van der Waals surface area contributed by atoms with Crippen LogP contribution in [0, 0.1) is 0 Å². The van der Waals surface area contributed by atoms with Gasteiger partial charge >= 0.3 is 0 Å². The number of nitrogens with zero attached hydrogens (tertiary/aromatic N) is 1. The van der Waals surface area contributed by atoms with E-state index in [-0.39, 0.29) is 17.9 Å². The van der Waals surface area contributed by atoms with E-state index in [9.17, 15) is 9.90 Å². The minimum atomic E-state index is -0.199. The highest BCUT2D eigenvalue weighted by Crippen LogP contribution is 2.25. The van der Waals surface area contributed by atoms with Gasteiger partial charge < -0.3 is 5.11 Å². The first-order valence-corrected chi connectivity index (χ1v) is 7.16. The Hall–Kier alpha value is -1.19. The van der Waals surface area contributed by atoms with Crippen molar-refractivity contribution in [2.75, 3.05) is 13.1 Å². The molecule has 0 aliphatic carbocycles. The number of hydrogen-bond acceptors (Lipinski definition) is 3. The first-order valence-electron chi connectivity index (χ1n) is 7.16. The van der Waals surface area contributed by atoms with E-state index >= 15 is 0 Å². The molecule has 0 aromatic heterocycles. The van der Waals surface area contributed by atoms with E-state index in [1.807, 2.05) is 44.2 Å². The summed E-state index contributed by atoms with van der Waals surface area (Å²) in [5.74, 6) is 0.174. The Morgan fingerprint density at radius 1 is 1.21 bits per heavy atom. The van der Waals surface area contributed by atoms with E-state index in [4.69, 9.17) is 0 Å². The Bertz CT molecular complexity index is 370. The number of Topliss-reactive ketones (excluding diaryl/α,β-unsaturated/α-hetero) is 1. The van der Waals surface area contributed by atoms with Gasteiger partial charge in [0.15, 0.2) is 5.78 Å². The van der Waals surface area contributed by atoms with E-state index in [1.54, 1.807) is 6.92 Å². The second-order valence-electron chi connectivity index (χ2n) is 4.69. The summed E-state index contributed by atoms with van der Waals surface area (Å²) < 4.78 is 0. The van der Waals surface area contributed by atoms with Crippen molar-refractivity contribution in [1.29, 1.82) is 0 Å². The van der Waals surface area contributed by atoms with Crippen molar-refractivity contribution in [2.45, 2.75) is 45.8 Å². The second kappa shape index (κ2) is 8.08. The van der Waals surface area contributed by atoms with Gasteiger partial charge in [-0.25, -0.2) is 0 Å². The maximum atomic E-state index is 11.8. The van der Waals surface area contributed by atoms with E-state index in [0.717, 1.165) is 31.5 Å². The number of ketones is 1. The Kier molecular flexibility index (Phi) is 6.74. The van der Waals surface area contributed by atoms with Crippen LogP contribution in [0.5, 0.6) is 0 Å². The van der Waals surface area contributed by atoms with E-state index < -0.39 is 0 Å². The van der Waals surface area contributed by atoms with Gasteiger partial charge in [-0.3, -0.25) is 9.69 Å². The molecule has 3 nitrogen and oxygen atoms in total. The first kappa shape index (κ1) is 15.9. The molecule has 1 saturated heterocycles. The highest BCUT2D eigenvalue weighted by Gasteiger charge is 2.27. The summed E-state index contributed by atoms with van der Waals surface area (Å²) in [7, 11) is 0. The molecule has 0 radical (unpaired) electrons. The number of carbonyl (C=O) groups excluding carboxylic acids is 1. The third-order valence-corrected chi connectivity index (χ3v) is 3.36. The molecule has 1 fully saturated rings. The molecule has 106 valence electrons. The Morgan fingerprint density at radius 3 is 2.21 bits per heavy atom. The molecular weight excluding hydrogens is 238 g/mol. The second-order valence-corrected chi connectivity index (χ2v) is 4.69. The Labute approximate surface area is 116 Å². The number of aliphatic hydroxyl groups excluding tert-OH is 1. The topological polar surface area (TPSA) is 40.5 Å². The van der Waals surface area contributed by atoms with Crippen LogP contribution < -0.4 is 0 Å². The number of piperidine rings is 1. The molecule has 1 N–H and O–H groups in total. The van der Waals surface area contributed by atoms with E-state index in [0.29, 0.717) is 0 Å². The lowest BCUT2D eigenvalue weighted by Gasteiger charge is -2.35. The standard InChI is InChI=1S/C14H19NO2.C2H6/c1-11(16)14(12-5-3-2-4-6-12)15-9-7-13(17)8-10-15;1-2/h2-6,13-14,17H,7-10H2,1H3;1-2H3. The highest BCUT2D eigenvalue weighted by atomic mass is 16.3. The Balaban J connectivity index is 0.000000861. The van der Waals surface area contributed by atoms with Gasteiger partial charge in [-0.1, -0.05) is 44.2 Å². The SMILES string of the molecule is CC.CC(=O)C(c1ccccc1)N1CCC(O)CC1. The highest BCUT2D eigenvalue weighted by molar-refractivity contribution is 5.82. The quantitative estimate of drug-likeness (QED) is 0.911. The van der Waals surface area contributed by atoms with Crippen LogP contribution in [0.15, 0.2) is 30.3 Å². The largest absolute Gasteiger partial charge is 0.393 e. The maximum Gasteiger partial charge on any atom is 0.151 e. The summed E-state index contributed by atoms with van der Waals surface area (Å²) in [6, 6.07) is 9.73. The summed E-state index contributed by atoms with van der Waals surface area (Å²) in [6.07, 6.45) is 1.32. The number of rotatable bonds is 3. The zero-order valence-corrected chi connectivity index (χ0v) is 12.2. The van der Waals surface area contributed by atoms with Crippen molar-refractivity contribution in [3.63, 3.8) is 0 Å². The van der Waals surface area contributed by atoms with Crippen LogP contribution in [0.3, 0.4) is 0 Å². The van der Waals surface area contributed by atoms with Crippen LogP contribution >= 0.6 is 0 Å². The van der Waals surface area contributed by atoms with Crippen LogP contribution in [0.25, 0.3) is 0 Å². The lowest BCUT2D eigenvalue weighted by atomic mass is 9.98. The van der Waals surface area contributed by atoms with Crippen LogP contribution in [0.2, 0.25) is 0 Å². The van der Waals surface area contributed by atoms with Crippen LogP contribution in [0.1, 0.15) is 45.2 Å². The van der Waals surface area contributed by atoms with Gasteiger partial charge in [0.25, 0.3) is 0 Å². The van der Waals surface area contributed by atoms with Gasteiger partial charge in [0, 0.05) is 13.1 Å². The van der Waals surface area contributed by atoms with Crippen LogP contribution in [-0.4, -0.2) is 35.0 Å². The van der Waals surface area contributed by atoms with Crippen molar-refractivity contribution >= 4 is 5.78 Å². The van der Waals surface area contributed by atoms with Crippen molar-refractivity contribution in [3.05, 3.63) is 35.9 Å². The molecule has 0 saturated carbocycles. The summed E-state index contributed by atoms with van der Waals surface area (Å²) in [5, 5.41) is 9.51. The molecule has 1 aromatic carbocycles. The van der Waals surface area contributed by atoms with Gasteiger partial charge in [-0.15, -0.1) is 0 Å². The predicted octanol–water partition coefficient (Wildman–Crippen LogP) is 2.80. The fraction of sp³-hybridized carbons (Fsp3) is 0.562. The number of aliphatic hydroxyl groups is 1. The normalized spacial score (nSPS) is 18.3. The van der Waals surface area contributed by atoms with Gasteiger partial charge in [0.05, 0.1) is 12.1 Å². The molecule has 0 spiro atoms. The monoisotopic (exact) mass is 263 g/mol. The van der Waals surface area contributed by atoms with Crippen LogP contribution in [0.4, 0.5) is 0 Å². The minimum absolute atomic E-state index is 0.149. The molecule has 1 aromatic rings. The van der Waals surface area contributed by atoms with Gasteiger partial charge in [0.1, 0.15) is 0 Å². The van der Waals surface area contributed by atoms with Crippen molar-refractivity contribution in [2.24, 2.45) is 0 Å². The minimum Gasteiger partial charge on any atom is -0.393 e. The fourth-order valence-electron chi connectivity index (χ4n) is 2.48. The van der Waals surface area contributed by atoms with Crippen LogP contribution in [-0.2, 0) is 4.79 Å². The number of benzene rings is 1. The zero-order valence-electron chi connectivity index (χ0n) is 12.2. The maximum absolute atomic E-state index is 11.8. The predicted molar refractivity (Wildman–Crippen MR) is 78.0 cm³/mol. The molecule has 1 unspecified atom stereocenters. The molecule has 19 heavy (non-hydrogen) atoms. The third kappa shape index (κ3) is 4.44. The van der Waals surface area contributed by atoms with E-state index in [1.165, 1.54) is 0 Å². The van der Waals surface area contributed by atoms with Crippen molar-refractivity contribution < 1.29 is 9.90 Å². The summed E-state index contributed by atoms with van der Waals surface area (Å²) >= 11 is 0. The van der Waals surface area contributed by atoms with Gasteiger partial charge in [0.2, 0.25) is 0 Å². The van der Waals surface area contributed by atoms with E-state index in [2.05, 4.69) is 4.90 Å². The zero-order chi connectivity index (χ0) is 14.3. The van der Waals surface area contributed by atoms with Crippen molar-refractivity contribution in [3.8, 4) is 0 Å². The fourth-order valence-corrected chi connectivity index (χ4v) is 2.48. The third-order valence-electron chi connectivity index (χ3n) is 3.36. The van der Waals surface area contributed by atoms with Gasteiger partial charge in [-0.2, -0.15) is 0 Å². The average Bonchev–Trinajstić information content (AvgIpc) is 2.44. The first-order chi connectivity index (χ1) is 9.18. The molecule has 2 rings (SSSR count). The lowest BCUT2D eigenvalue weighted by Crippen LogP contribution is -2.40. The Morgan fingerprint density at radius 2 is 1.74 bits per heavy atom. The lowest BCUT2D eigenvalue weighted by molar-refractivity contribution is -0.123. The molecule has 1 aliphatic rings. The summed E-state index contributed by atoms with van der Waals surface area (Å²) in [4.78, 5) is 14.0. The molecule has 0 amide bonds. The van der Waals surface area contributed by atoms with Crippen molar-refractivity contribution in [1.82, 2.24) is 4.90 Å². The molecule has 1 aliphatic heterocycles. The number of carbonyl (C=O) groups is 1. The summed E-state index contributed by atoms with van der Waals surface area (Å²) in [6.45, 7) is 7.23. The molecule has 3 heteroatoms. The average molecular weight is 263 g/mol. The smallest absolute Gasteiger partial charge is 0.151 e. The number of likely N-dealkylation sites (tertiary alicyclic amines) is 1. The molecule has 1 atom stereocenters. The molecule has 1 heterocycles. The molecule has 0 bridgehead atoms.